The Morgan fingerprint density at radius 2 is 1.89 bits per heavy atom. The molecule has 0 spiro atoms. The molecule has 1 aliphatic heterocycles. The molecule has 35 heavy (non-hydrogen) atoms. The molecule has 0 atom stereocenters. The number of carbonyl (C=O) groups excluding carboxylic acids is 1. The second kappa shape index (κ2) is 10.1. The van der Waals surface area contributed by atoms with E-state index in [-0.39, 0.29) is 5.88 Å². The molecule has 0 radical (unpaired) electrons. The lowest BCUT2D eigenvalue weighted by Crippen LogP contribution is -2.28. The Bertz CT molecular complexity index is 1350. The van der Waals surface area contributed by atoms with Crippen molar-refractivity contribution in [3.63, 3.8) is 0 Å². The lowest BCUT2D eigenvalue weighted by atomic mass is 10.0. The van der Waals surface area contributed by atoms with Crippen molar-refractivity contribution in [1.82, 2.24) is 14.9 Å². The molecule has 0 bridgehead atoms. The third-order valence-electron chi connectivity index (χ3n) is 6.38. The van der Waals surface area contributed by atoms with Crippen LogP contribution in [0, 0.1) is 0 Å². The van der Waals surface area contributed by atoms with Crippen molar-refractivity contribution < 1.29 is 14.6 Å². The average Bonchev–Trinajstić information content (AvgIpc) is 3.23. The Balaban J connectivity index is 1.56. The van der Waals surface area contributed by atoms with Crippen LogP contribution in [0.15, 0.2) is 71.9 Å². The summed E-state index contributed by atoms with van der Waals surface area (Å²) in [5.74, 6) is -0.479. The van der Waals surface area contributed by atoms with Gasteiger partial charge in [-0.3, -0.25) is 9.88 Å². The molecule has 2 aromatic carbocycles. The molecule has 7 nitrogen and oxygen atoms in total. The first-order valence-corrected chi connectivity index (χ1v) is 11.9. The fourth-order valence-electron chi connectivity index (χ4n) is 4.59. The molecule has 5 rings (SSSR count). The van der Waals surface area contributed by atoms with E-state index in [1.807, 2.05) is 30.3 Å². The maximum Gasteiger partial charge on any atom is 0.337 e. The van der Waals surface area contributed by atoms with Crippen LogP contribution in [0.3, 0.4) is 0 Å². The third-order valence-corrected chi connectivity index (χ3v) is 6.38. The van der Waals surface area contributed by atoms with Gasteiger partial charge in [0.1, 0.15) is 5.71 Å². The predicted octanol–water partition coefficient (Wildman–Crippen LogP) is 5.21. The van der Waals surface area contributed by atoms with Gasteiger partial charge in [0.15, 0.2) is 5.88 Å². The number of aromatic hydroxyl groups is 1. The average molecular weight is 469 g/mol. The summed E-state index contributed by atoms with van der Waals surface area (Å²) in [6, 6.07) is 18.9. The van der Waals surface area contributed by atoms with Crippen molar-refractivity contribution in [2.24, 2.45) is 4.99 Å². The van der Waals surface area contributed by atoms with Crippen molar-refractivity contribution in [1.29, 1.82) is 0 Å². The van der Waals surface area contributed by atoms with Crippen LogP contribution in [0.2, 0.25) is 0 Å². The molecule has 0 amide bonds. The largest absolute Gasteiger partial charge is 0.494 e. The summed E-state index contributed by atoms with van der Waals surface area (Å²) in [4.78, 5) is 27.0. The summed E-state index contributed by atoms with van der Waals surface area (Å²) in [5, 5.41) is 11.5. The van der Waals surface area contributed by atoms with Crippen LogP contribution < -0.4 is 0 Å². The fraction of sp³-hybridized carbons (Fsp3) is 0.250. The minimum atomic E-state index is -0.445. The molecule has 0 saturated carbocycles. The fourth-order valence-corrected chi connectivity index (χ4v) is 4.59. The van der Waals surface area contributed by atoms with Crippen LogP contribution in [0.1, 0.15) is 46.4 Å². The van der Waals surface area contributed by atoms with Crippen LogP contribution in [0.25, 0.3) is 10.9 Å². The highest BCUT2D eigenvalue weighted by Gasteiger charge is 2.21. The van der Waals surface area contributed by atoms with E-state index in [2.05, 4.69) is 27.0 Å². The highest BCUT2D eigenvalue weighted by molar-refractivity contribution is 6.21. The summed E-state index contributed by atoms with van der Waals surface area (Å²) in [5.41, 5.74) is 4.70. The van der Waals surface area contributed by atoms with Gasteiger partial charge in [0, 0.05) is 23.6 Å². The van der Waals surface area contributed by atoms with E-state index in [4.69, 9.17) is 9.73 Å². The van der Waals surface area contributed by atoms with Crippen LogP contribution >= 0.6 is 0 Å². The number of methoxy groups -OCH3 is 1. The molecule has 1 fully saturated rings. The number of aromatic nitrogens is 2. The van der Waals surface area contributed by atoms with Gasteiger partial charge >= 0.3 is 5.97 Å². The number of benzene rings is 2. The minimum Gasteiger partial charge on any atom is -0.494 e. The van der Waals surface area contributed by atoms with E-state index in [9.17, 15) is 9.90 Å². The third kappa shape index (κ3) is 4.95. The standard InChI is InChI=1S/C28H28N4O3/c1-35-28(34)20-10-13-23-22(17-20)25(27(33)31-23)26(24-7-3-4-14-29-24)30-21-11-8-19(9-12-21)18-32-15-5-2-6-16-32/h3-4,7-14,17,31,33H,2,5-6,15-16,18H2,1H3. The molecule has 1 aliphatic rings. The number of rotatable bonds is 6. The molecule has 0 unspecified atom stereocenters. The molecule has 2 aromatic heterocycles. The Morgan fingerprint density at radius 3 is 2.60 bits per heavy atom. The maximum absolute atomic E-state index is 12.1. The van der Waals surface area contributed by atoms with Gasteiger partial charge in [-0.05, 0) is 74.0 Å². The second-order valence-electron chi connectivity index (χ2n) is 8.78. The first-order chi connectivity index (χ1) is 17.1. The van der Waals surface area contributed by atoms with E-state index >= 15 is 0 Å². The van der Waals surface area contributed by atoms with Crippen molar-refractivity contribution in [2.75, 3.05) is 20.2 Å². The number of pyridine rings is 1. The second-order valence-corrected chi connectivity index (χ2v) is 8.78. The number of ether oxygens (including phenoxy) is 1. The number of hydrogen-bond acceptors (Lipinski definition) is 6. The molecular weight excluding hydrogens is 440 g/mol. The van der Waals surface area contributed by atoms with Crippen molar-refractivity contribution in [3.8, 4) is 5.88 Å². The Labute approximate surface area is 204 Å². The monoisotopic (exact) mass is 468 g/mol. The lowest BCUT2D eigenvalue weighted by molar-refractivity contribution is 0.0601. The van der Waals surface area contributed by atoms with Crippen LogP contribution in [-0.2, 0) is 11.3 Å². The van der Waals surface area contributed by atoms with E-state index in [0.717, 1.165) is 25.3 Å². The number of H-pyrrole nitrogens is 1. The first kappa shape index (κ1) is 22.8. The summed E-state index contributed by atoms with van der Waals surface area (Å²) in [6.07, 6.45) is 5.55. The van der Waals surface area contributed by atoms with Gasteiger partial charge in [0.05, 0.1) is 29.6 Å². The summed E-state index contributed by atoms with van der Waals surface area (Å²) in [7, 11) is 1.34. The zero-order valence-electron chi connectivity index (χ0n) is 19.7. The Morgan fingerprint density at radius 1 is 1.09 bits per heavy atom. The molecule has 2 N–H and O–H groups in total. The molecule has 3 heterocycles. The highest BCUT2D eigenvalue weighted by Crippen LogP contribution is 2.32. The summed E-state index contributed by atoms with van der Waals surface area (Å²) in [6.45, 7) is 3.24. The van der Waals surface area contributed by atoms with Crippen molar-refractivity contribution in [2.45, 2.75) is 25.8 Å². The van der Waals surface area contributed by atoms with Gasteiger partial charge in [-0.1, -0.05) is 24.6 Å². The first-order valence-electron chi connectivity index (χ1n) is 11.9. The van der Waals surface area contributed by atoms with Gasteiger partial charge in [-0.15, -0.1) is 0 Å². The molecule has 7 heteroatoms. The highest BCUT2D eigenvalue weighted by atomic mass is 16.5. The van der Waals surface area contributed by atoms with Crippen LogP contribution in [0.5, 0.6) is 5.88 Å². The summed E-state index contributed by atoms with van der Waals surface area (Å²) < 4.78 is 4.88. The smallest absolute Gasteiger partial charge is 0.337 e. The zero-order valence-corrected chi connectivity index (χ0v) is 19.7. The van der Waals surface area contributed by atoms with E-state index in [0.29, 0.717) is 33.4 Å². The number of nitrogens with zero attached hydrogens (tertiary/aromatic N) is 3. The van der Waals surface area contributed by atoms with Gasteiger partial charge in [-0.25, -0.2) is 9.79 Å². The summed E-state index contributed by atoms with van der Waals surface area (Å²) >= 11 is 0. The normalized spacial score (nSPS) is 14.8. The van der Waals surface area contributed by atoms with E-state index < -0.39 is 5.97 Å². The molecule has 178 valence electrons. The minimum absolute atomic E-state index is 0.0341. The Kier molecular flexibility index (Phi) is 6.59. The van der Waals surface area contributed by atoms with E-state index in [1.54, 1.807) is 24.4 Å². The van der Waals surface area contributed by atoms with Gasteiger partial charge < -0.3 is 14.8 Å². The Hall–Kier alpha value is -3.97. The van der Waals surface area contributed by atoms with Gasteiger partial charge in [0.25, 0.3) is 0 Å². The van der Waals surface area contributed by atoms with Gasteiger partial charge in [-0.2, -0.15) is 0 Å². The number of carbonyl (C=O) groups is 1. The van der Waals surface area contributed by atoms with Crippen molar-refractivity contribution >= 4 is 28.3 Å². The maximum atomic E-state index is 12.1. The number of likely N-dealkylation sites (tertiary alicyclic amines) is 1. The number of aliphatic imine (C=N–C) groups is 1. The number of nitrogens with one attached hydrogen (secondary N) is 1. The number of aromatic amines is 1. The SMILES string of the molecule is COC(=O)c1ccc2[nH]c(O)c(C(=Nc3ccc(CN4CCCCC4)cc3)c3ccccn3)c2c1. The molecule has 1 saturated heterocycles. The van der Waals surface area contributed by atoms with E-state index in [1.165, 1.54) is 31.9 Å². The topological polar surface area (TPSA) is 90.8 Å². The quantitative estimate of drug-likeness (QED) is 0.299. The zero-order chi connectivity index (χ0) is 24.2. The molecular formula is C28H28N4O3. The number of esters is 1. The van der Waals surface area contributed by atoms with Crippen molar-refractivity contribution in [3.05, 3.63) is 89.2 Å². The number of hydrogen-bond donors (Lipinski definition) is 2. The predicted molar refractivity (Wildman–Crippen MR) is 136 cm³/mol. The molecule has 0 aliphatic carbocycles. The van der Waals surface area contributed by atoms with Crippen LogP contribution in [0.4, 0.5) is 5.69 Å². The van der Waals surface area contributed by atoms with Gasteiger partial charge in [0.2, 0.25) is 0 Å². The number of piperidine rings is 1. The lowest BCUT2D eigenvalue weighted by Gasteiger charge is -2.26. The van der Waals surface area contributed by atoms with Crippen LogP contribution in [-0.4, -0.2) is 51.9 Å². The number of fused-ring (bicyclic) bond motifs is 1. The molecule has 4 aromatic rings.